The molecule has 17 heavy (non-hydrogen) atoms. The van der Waals surface area contributed by atoms with Gasteiger partial charge in [0.1, 0.15) is 0 Å². The molecule has 2 rings (SSSR count). The zero-order chi connectivity index (χ0) is 12.5. The summed E-state index contributed by atoms with van der Waals surface area (Å²) in [4.78, 5) is 2.65. The van der Waals surface area contributed by atoms with Gasteiger partial charge in [-0.15, -0.1) is 0 Å². The summed E-state index contributed by atoms with van der Waals surface area (Å²) in [5, 5.41) is 3.53. The van der Waals surface area contributed by atoms with Crippen molar-refractivity contribution in [3.05, 3.63) is 0 Å². The number of nitrogens with zero attached hydrogens (tertiary/aromatic N) is 1. The van der Waals surface area contributed by atoms with Crippen LogP contribution in [0.5, 0.6) is 0 Å². The van der Waals surface area contributed by atoms with Crippen LogP contribution < -0.4 is 5.32 Å². The Labute approximate surface area is 109 Å². The lowest BCUT2D eigenvalue weighted by Crippen LogP contribution is -2.62. The predicted molar refractivity (Wildman–Crippen MR) is 76.3 cm³/mol. The summed E-state index contributed by atoms with van der Waals surface area (Å²) in [6.45, 7) is 14.4. The van der Waals surface area contributed by atoms with Crippen LogP contribution >= 0.6 is 0 Å². The average Bonchev–Trinajstić information content (AvgIpc) is 2.08. The molecule has 102 valence electrons. The van der Waals surface area contributed by atoms with Crippen molar-refractivity contribution in [2.75, 3.05) is 26.2 Å². The molecule has 0 unspecified atom stereocenters. The Morgan fingerprint density at radius 1 is 1.24 bits per heavy atom. The zero-order valence-electron chi connectivity index (χ0n) is 12.1. The number of likely N-dealkylation sites (tertiary alicyclic amines) is 1. The van der Waals surface area contributed by atoms with Crippen LogP contribution in [0.2, 0.25) is 0 Å². The monoisotopic (exact) mass is 240 g/mol. The molecule has 1 aliphatic carbocycles. The number of hydrogen-bond acceptors (Lipinski definition) is 2. The Bertz CT molecular complexity index is 239. The van der Waals surface area contributed by atoms with Crippen molar-refractivity contribution in [2.45, 2.75) is 53.0 Å². The van der Waals surface area contributed by atoms with Crippen LogP contribution in [-0.2, 0) is 0 Å². The molecule has 1 N–H and O–H groups in total. The molecule has 2 fully saturated rings. The molecule has 0 aromatic carbocycles. The first-order valence-electron chi connectivity index (χ1n) is 7.45. The largest absolute Gasteiger partial charge is 0.315 e. The number of hydrogen-bond donors (Lipinski definition) is 1. The van der Waals surface area contributed by atoms with Gasteiger partial charge in [0, 0.05) is 27.1 Å². The lowest BCUT2D eigenvalue weighted by molar-refractivity contribution is -0.0992. The first-order chi connectivity index (χ1) is 7.99. The van der Waals surface area contributed by atoms with Crippen LogP contribution in [-0.4, -0.2) is 37.1 Å². The second kappa shape index (κ2) is 5.27. The molecule has 2 nitrogen and oxygen atoms in total. The van der Waals surface area contributed by atoms with Crippen LogP contribution in [0.3, 0.4) is 0 Å². The Hall–Kier alpha value is -0.0800. The molecule has 0 radical (unpaired) electrons. The third-order valence-electron chi connectivity index (χ3n) is 4.29. The van der Waals surface area contributed by atoms with Crippen molar-refractivity contribution in [3.63, 3.8) is 0 Å². The highest BCUT2D eigenvalue weighted by Gasteiger charge is 2.51. The van der Waals surface area contributed by atoms with E-state index in [9.17, 15) is 0 Å². The van der Waals surface area contributed by atoms with Crippen LogP contribution in [0, 0.1) is 17.3 Å². The van der Waals surface area contributed by atoms with Gasteiger partial charge in [-0.2, -0.15) is 0 Å². The van der Waals surface area contributed by atoms with Gasteiger partial charge in [-0.3, -0.25) is 0 Å². The molecule has 1 spiro atoms. The highest BCUT2D eigenvalue weighted by molar-refractivity contribution is 5.04. The van der Waals surface area contributed by atoms with Crippen molar-refractivity contribution in [1.82, 2.24) is 10.2 Å². The summed E-state index contributed by atoms with van der Waals surface area (Å²) < 4.78 is 0. The molecule has 0 amide bonds. The third-order valence-corrected chi connectivity index (χ3v) is 4.29. The summed E-state index contributed by atoms with van der Waals surface area (Å²) in [6.07, 6.45) is 4.40. The second-order valence-corrected chi connectivity index (χ2v) is 7.24. The quantitative estimate of drug-likeness (QED) is 0.768. The van der Waals surface area contributed by atoms with E-state index in [1.54, 1.807) is 0 Å². The molecule has 2 aliphatic rings. The minimum atomic E-state index is 0. The molecule has 1 aliphatic heterocycles. The lowest BCUT2D eigenvalue weighted by atomic mass is 9.57. The minimum absolute atomic E-state index is 0. The first-order valence-corrected chi connectivity index (χ1v) is 7.45. The van der Waals surface area contributed by atoms with Crippen LogP contribution in [0.25, 0.3) is 0 Å². The van der Waals surface area contributed by atoms with E-state index in [0.29, 0.717) is 6.04 Å². The molecule has 0 aromatic rings. The molecule has 1 heterocycles. The molecule has 1 saturated heterocycles. The van der Waals surface area contributed by atoms with E-state index < -0.39 is 0 Å². The highest BCUT2D eigenvalue weighted by Crippen LogP contribution is 2.52. The van der Waals surface area contributed by atoms with Gasteiger partial charge in [-0.25, -0.2) is 0 Å². The van der Waals surface area contributed by atoms with Gasteiger partial charge in [0.25, 0.3) is 0 Å². The van der Waals surface area contributed by atoms with Gasteiger partial charge in [-0.1, -0.05) is 27.7 Å². The van der Waals surface area contributed by atoms with Crippen LogP contribution in [0.1, 0.15) is 48.4 Å². The van der Waals surface area contributed by atoms with E-state index in [0.717, 1.165) is 17.3 Å². The van der Waals surface area contributed by atoms with Gasteiger partial charge in [0.05, 0.1) is 0 Å². The van der Waals surface area contributed by atoms with Gasteiger partial charge < -0.3 is 10.2 Å². The molecule has 0 aromatic heterocycles. The molecule has 1 saturated carbocycles. The highest BCUT2D eigenvalue weighted by atomic mass is 15.2. The maximum Gasteiger partial charge on any atom is 0.00508 e. The van der Waals surface area contributed by atoms with Gasteiger partial charge in [0.15, 0.2) is 0 Å². The summed E-state index contributed by atoms with van der Waals surface area (Å²) in [5.74, 6) is 1.85. The topological polar surface area (TPSA) is 15.3 Å². The maximum absolute atomic E-state index is 3.53. The Kier molecular flexibility index (Phi) is 4.14. The van der Waals surface area contributed by atoms with Crippen molar-refractivity contribution in [2.24, 2.45) is 17.3 Å². The summed E-state index contributed by atoms with van der Waals surface area (Å²) in [5.41, 5.74) is 0.761. The normalized spacial score (nSPS) is 24.4. The van der Waals surface area contributed by atoms with Crippen LogP contribution in [0.15, 0.2) is 0 Å². The summed E-state index contributed by atoms with van der Waals surface area (Å²) >= 11 is 0. The molecular formula is C15H32N2. The van der Waals surface area contributed by atoms with Crippen molar-refractivity contribution in [1.29, 1.82) is 0 Å². The van der Waals surface area contributed by atoms with Crippen molar-refractivity contribution in [3.8, 4) is 0 Å². The van der Waals surface area contributed by atoms with Gasteiger partial charge >= 0.3 is 0 Å². The second-order valence-electron chi connectivity index (χ2n) is 7.24. The maximum atomic E-state index is 3.53. The fourth-order valence-corrected chi connectivity index (χ4v) is 3.75. The lowest BCUT2D eigenvalue weighted by Gasteiger charge is -2.60. The summed E-state index contributed by atoms with van der Waals surface area (Å²) in [6, 6.07) is 0.647. The minimum Gasteiger partial charge on any atom is -0.315 e. The van der Waals surface area contributed by atoms with Crippen LogP contribution in [0.4, 0.5) is 0 Å². The fourth-order valence-electron chi connectivity index (χ4n) is 3.75. The summed E-state index contributed by atoms with van der Waals surface area (Å²) in [7, 11) is 0. The van der Waals surface area contributed by atoms with E-state index in [1.807, 2.05) is 0 Å². The molecule has 0 atom stereocenters. The van der Waals surface area contributed by atoms with E-state index >= 15 is 0 Å². The average molecular weight is 240 g/mol. The Balaban J connectivity index is 0.00000162. The SMILES string of the molecule is CC(C)CN1CC2(CC(CCNC(C)C)C2)C1.[HH]. The number of nitrogens with one attached hydrogen (secondary N) is 1. The van der Waals surface area contributed by atoms with E-state index in [-0.39, 0.29) is 1.43 Å². The molecule has 0 bridgehead atoms. The van der Waals surface area contributed by atoms with Crippen molar-refractivity contribution < 1.29 is 1.43 Å². The molecule has 2 heteroatoms. The zero-order valence-corrected chi connectivity index (χ0v) is 12.1. The fraction of sp³-hybridized carbons (Fsp3) is 1.00. The van der Waals surface area contributed by atoms with E-state index in [4.69, 9.17) is 0 Å². The predicted octanol–water partition coefficient (Wildman–Crippen LogP) is 2.99. The van der Waals surface area contributed by atoms with Crippen molar-refractivity contribution >= 4 is 0 Å². The molecular weight excluding hydrogens is 208 g/mol. The van der Waals surface area contributed by atoms with Gasteiger partial charge in [-0.05, 0) is 43.1 Å². The third kappa shape index (κ3) is 3.45. The Morgan fingerprint density at radius 2 is 1.88 bits per heavy atom. The Morgan fingerprint density at radius 3 is 2.41 bits per heavy atom. The van der Waals surface area contributed by atoms with E-state index in [1.165, 1.54) is 45.4 Å². The first kappa shape index (κ1) is 13.4. The standard InChI is InChI=1S/C15H30N2.H2/c1-12(2)9-17-10-15(11-17)7-14(8-15)5-6-16-13(3)4;/h12-14,16H,5-11H2,1-4H3;1H. The van der Waals surface area contributed by atoms with Gasteiger partial charge in [0.2, 0.25) is 0 Å². The van der Waals surface area contributed by atoms with E-state index in [2.05, 4.69) is 37.9 Å². The smallest absolute Gasteiger partial charge is 0.00508 e. The number of rotatable bonds is 6.